The summed E-state index contributed by atoms with van der Waals surface area (Å²) < 4.78 is 0. The number of rotatable bonds is 1. The van der Waals surface area contributed by atoms with Gasteiger partial charge in [-0.25, -0.2) is 0 Å². The Balaban J connectivity index is 2.88. The van der Waals surface area contributed by atoms with E-state index in [9.17, 15) is 10.3 Å². The molecule has 0 spiro atoms. The van der Waals surface area contributed by atoms with Gasteiger partial charge in [-0.3, -0.25) is 0 Å². The van der Waals surface area contributed by atoms with Crippen LogP contribution in [-0.2, 0) is 0 Å². The number of aliphatic hydroxyl groups is 1. The van der Waals surface area contributed by atoms with Crippen LogP contribution in [0.3, 0.4) is 0 Å². The van der Waals surface area contributed by atoms with E-state index in [0.717, 1.165) is 6.42 Å². The highest BCUT2D eigenvalue weighted by Crippen LogP contribution is 2.37. The van der Waals surface area contributed by atoms with E-state index < -0.39 is 0 Å². The highest BCUT2D eigenvalue weighted by atomic mass is 16.5. The van der Waals surface area contributed by atoms with Gasteiger partial charge >= 0.3 is 0 Å². The summed E-state index contributed by atoms with van der Waals surface area (Å²) in [6.45, 7) is 8.01. The van der Waals surface area contributed by atoms with Crippen molar-refractivity contribution in [3.63, 3.8) is 0 Å². The highest BCUT2D eigenvalue weighted by Gasteiger charge is 2.45. The van der Waals surface area contributed by atoms with E-state index in [1.807, 2.05) is 27.7 Å². The van der Waals surface area contributed by atoms with Gasteiger partial charge in [0.1, 0.15) is 0 Å². The van der Waals surface area contributed by atoms with Crippen molar-refractivity contribution in [2.75, 3.05) is 0 Å². The summed E-state index contributed by atoms with van der Waals surface area (Å²) in [7, 11) is 0. The summed E-state index contributed by atoms with van der Waals surface area (Å²) in [5.41, 5.74) is -0.281. The summed E-state index contributed by atoms with van der Waals surface area (Å²) >= 11 is 0. The van der Waals surface area contributed by atoms with Crippen LogP contribution in [0.15, 0.2) is 0 Å². The molecule has 4 atom stereocenters. The molecule has 1 aliphatic heterocycles. The molecular weight excluding hydrogens is 166 g/mol. The molecule has 1 fully saturated rings. The van der Waals surface area contributed by atoms with Crippen LogP contribution in [0.5, 0.6) is 0 Å². The Morgan fingerprint density at radius 2 is 2.00 bits per heavy atom. The molecule has 0 aromatic heterocycles. The highest BCUT2D eigenvalue weighted by molar-refractivity contribution is 4.96. The largest absolute Gasteiger partial charge is 0.393 e. The lowest BCUT2D eigenvalue weighted by Gasteiger charge is -2.50. The van der Waals surface area contributed by atoms with Gasteiger partial charge in [0.05, 0.1) is 6.10 Å². The Morgan fingerprint density at radius 1 is 1.46 bits per heavy atom. The smallest absolute Gasteiger partial charge is 0.0599 e. The summed E-state index contributed by atoms with van der Waals surface area (Å²) in [6, 6.07) is 0.0520. The standard InChI is InChI=1S/C10H21NO2/c1-5-10(4)8(3)9(12)6-7(2)11(10)13/h7-9,12-13H,5-6H2,1-4H3. The van der Waals surface area contributed by atoms with E-state index in [2.05, 4.69) is 0 Å². The number of piperidine rings is 1. The molecule has 0 bridgehead atoms. The molecule has 13 heavy (non-hydrogen) atoms. The lowest BCUT2D eigenvalue weighted by Crippen LogP contribution is -2.60. The van der Waals surface area contributed by atoms with Gasteiger partial charge in [0.15, 0.2) is 0 Å². The summed E-state index contributed by atoms with van der Waals surface area (Å²) in [5.74, 6) is 0.124. The van der Waals surface area contributed by atoms with Gasteiger partial charge in [-0.1, -0.05) is 13.8 Å². The minimum absolute atomic E-state index is 0.0520. The Kier molecular flexibility index (Phi) is 3.00. The molecule has 0 radical (unpaired) electrons. The predicted molar refractivity (Wildman–Crippen MR) is 51.6 cm³/mol. The molecule has 1 rings (SSSR count). The first-order valence-corrected chi connectivity index (χ1v) is 5.09. The van der Waals surface area contributed by atoms with Crippen LogP contribution < -0.4 is 0 Å². The maximum atomic E-state index is 9.91. The van der Waals surface area contributed by atoms with E-state index >= 15 is 0 Å². The minimum Gasteiger partial charge on any atom is -0.393 e. The summed E-state index contributed by atoms with van der Waals surface area (Å²) in [4.78, 5) is 0. The predicted octanol–water partition coefficient (Wildman–Crippen LogP) is 1.64. The fourth-order valence-corrected chi connectivity index (χ4v) is 2.26. The van der Waals surface area contributed by atoms with Crippen molar-refractivity contribution in [1.29, 1.82) is 0 Å². The van der Waals surface area contributed by atoms with Gasteiger partial charge in [-0.2, -0.15) is 5.06 Å². The third kappa shape index (κ3) is 1.60. The van der Waals surface area contributed by atoms with Crippen LogP contribution >= 0.6 is 0 Å². The first-order valence-electron chi connectivity index (χ1n) is 5.09. The average Bonchev–Trinajstić information content (AvgIpc) is 2.12. The lowest BCUT2D eigenvalue weighted by atomic mass is 9.75. The van der Waals surface area contributed by atoms with E-state index in [-0.39, 0.29) is 23.6 Å². The van der Waals surface area contributed by atoms with E-state index in [4.69, 9.17) is 0 Å². The van der Waals surface area contributed by atoms with E-state index in [1.165, 1.54) is 5.06 Å². The molecule has 1 saturated heterocycles. The van der Waals surface area contributed by atoms with Crippen molar-refractivity contribution in [1.82, 2.24) is 5.06 Å². The molecule has 3 heteroatoms. The van der Waals surface area contributed by atoms with Gasteiger partial charge in [-0.15, -0.1) is 0 Å². The number of hydrogen-bond acceptors (Lipinski definition) is 3. The third-order valence-electron chi connectivity index (χ3n) is 3.80. The zero-order chi connectivity index (χ0) is 10.2. The number of nitrogens with zero attached hydrogens (tertiary/aromatic N) is 1. The molecule has 2 N–H and O–H groups in total. The second-order valence-corrected chi connectivity index (χ2v) is 4.50. The van der Waals surface area contributed by atoms with Crippen molar-refractivity contribution in [3.05, 3.63) is 0 Å². The van der Waals surface area contributed by atoms with E-state index in [0.29, 0.717) is 6.42 Å². The molecule has 1 heterocycles. The molecule has 0 aromatic rings. The number of hydrogen-bond donors (Lipinski definition) is 2. The van der Waals surface area contributed by atoms with Gasteiger partial charge in [0.2, 0.25) is 0 Å². The maximum Gasteiger partial charge on any atom is 0.0599 e. The molecule has 0 aromatic carbocycles. The Hall–Kier alpha value is -0.120. The second kappa shape index (κ2) is 3.56. The Labute approximate surface area is 80.3 Å². The van der Waals surface area contributed by atoms with Crippen molar-refractivity contribution in [2.45, 2.75) is 58.2 Å². The molecule has 78 valence electrons. The van der Waals surface area contributed by atoms with Gasteiger partial charge in [-0.05, 0) is 26.7 Å². The molecule has 1 aliphatic rings. The topological polar surface area (TPSA) is 43.7 Å². The minimum atomic E-state index is -0.289. The van der Waals surface area contributed by atoms with Crippen molar-refractivity contribution in [2.24, 2.45) is 5.92 Å². The van der Waals surface area contributed by atoms with Gasteiger partial charge in [0.25, 0.3) is 0 Å². The zero-order valence-corrected chi connectivity index (χ0v) is 8.99. The lowest BCUT2D eigenvalue weighted by molar-refractivity contribution is -0.249. The van der Waals surface area contributed by atoms with Crippen molar-refractivity contribution >= 4 is 0 Å². The van der Waals surface area contributed by atoms with Crippen molar-refractivity contribution < 1.29 is 10.3 Å². The monoisotopic (exact) mass is 187 g/mol. The third-order valence-corrected chi connectivity index (χ3v) is 3.80. The first kappa shape index (κ1) is 11.0. The van der Waals surface area contributed by atoms with Crippen LogP contribution in [0.2, 0.25) is 0 Å². The van der Waals surface area contributed by atoms with Gasteiger partial charge in [0, 0.05) is 17.5 Å². The summed E-state index contributed by atoms with van der Waals surface area (Å²) in [6.07, 6.45) is 1.22. The van der Waals surface area contributed by atoms with Crippen molar-refractivity contribution in [3.8, 4) is 0 Å². The van der Waals surface area contributed by atoms with E-state index in [1.54, 1.807) is 0 Å². The van der Waals surface area contributed by atoms with Crippen LogP contribution in [0.1, 0.15) is 40.5 Å². The fourth-order valence-electron chi connectivity index (χ4n) is 2.26. The second-order valence-electron chi connectivity index (χ2n) is 4.50. The normalized spacial score (nSPS) is 48.0. The molecule has 3 nitrogen and oxygen atoms in total. The summed E-state index contributed by atoms with van der Waals surface area (Å²) in [5, 5.41) is 21.1. The van der Waals surface area contributed by atoms with Crippen LogP contribution in [-0.4, -0.2) is 33.1 Å². The quantitative estimate of drug-likeness (QED) is 0.656. The molecule has 0 saturated carbocycles. The SMILES string of the molecule is CCC1(C)C(C)C(O)CC(C)N1O. The average molecular weight is 187 g/mol. The maximum absolute atomic E-state index is 9.91. The molecule has 0 aliphatic carbocycles. The van der Waals surface area contributed by atoms with Crippen LogP contribution in [0.25, 0.3) is 0 Å². The Bertz CT molecular complexity index is 170. The molecular formula is C10H21NO2. The number of hydroxylamine groups is 2. The van der Waals surface area contributed by atoms with Crippen LogP contribution in [0, 0.1) is 5.92 Å². The Morgan fingerprint density at radius 3 is 2.46 bits per heavy atom. The first-order chi connectivity index (χ1) is 5.93. The van der Waals surface area contributed by atoms with Gasteiger partial charge < -0.3 is 10.3 Å². The number of aliphatic hydroxyl groups excluding tert-OH is 1. The zero-order valence-electron chi connectivity index (χ0n) is 8.99. The molecule has 4 unspecified atom stereocenters. The fraction of sp³-hybridized carbons (Fsp3) is 1.00. The molecule has 0 amide bonds. The van der Waals surface area contributed by atoms with Crippen LogP contribution in [0.4, 0.5) is 0 Å².